The van der Waals surface area contributed by atoms with E-state index in [1.165, 1.54) is 48.6 Å². The maximum atomic E-state index is 12.1. The van der Waals surface area contributed by atoms with Gasteiger partial charge in [0.25, 0.3) is 0 Å². The summed E-state index contributed by atoms with van der Waals surface area (Å²) in [4.78, 5) is 12.1. The first-order valence-electron chi connectivity index (χ1n) is 7.39. The molecule has 0 spiro atoms. The Morgan fingerprint density at radius 1 is 1.16 bits per heavy atom. The van der Waals surface area contributed by atoms with Crippen molar-refractivity contribution in [3.63, 3.8) is 0 Å². The van der Waals surface area contributed by atoms with Gasteiger partial charge in [-0.3, -0.25) is 4.79 Å². The van der Waals surface area contributed by atoms with Crippen LogP contribution in [0.5, 0.6) is 0 Å². The summed E-state index contributed by atoms with van der Waals surface area (Å²) in [6.07, 6.45) is 6.32. The van der Waals surface area contributed by atoms with Gasteiger partial charge in [-0.05, 0) is 24.5 Å². The lowest BCUT2D eigenvalue weighted by Crippen LogP contribution is -2.07. The smallest absolute Gasteiger partial charge is 0.196 e. The maximum Gasteiger partial charge on any atom is 0.196 e. The van der Waals surface area contributed by atoms with Gasteiger partial charge >= 0.3 is 0 Å². The lowest BCUT2D eigenvalue weighted by Gasteiger charge is -2.12. The average molecular weight is 278 g/mol. The highest BCUT2D eigenvalue weighted by molar-refractivity contribution is 8.13. The third-order valence-corrected chi connectivity index (χ3v) is 4.63. The molecule has 1 aromatic rings. The molecule has 0 aliphatic carbocycles. The minimum atomic E-state index is 0.0156. The van der Waals surface area contributed by atoms with Crippen LogP contribution in [0.4, 0.5) is 0 Å². The number of hydrogen-bond acceptors (Lipinski definition) is 2. The molecule has 0 heterocycles. The van der Waals surface area contributed by atoms with E-state index in [0.29, 0.717) is 5.12 Å². The molecule has 0 fully saturated rings. The van der Waals surface area contributed by atoms with E-state index in [0.717, 1.165) is 12.2 Å². The largest absolute Gasteiger partial charge is 0.287 e. The van der Waals surface area contributed by atoms with Crippen molar-refractivity contribution in [2.45, 2.75) is 58.8 Å². The van der Waals surface area contributed by atoms with Gasteiger partial charge in [0.2, 0.25) is 0 Å². The van der Waals surface area contributed by atoms with Gasteiger partial charge in [0.05, 0.1) is 5.92 Å². The zero-order valence-corrected chi connectivity index (χ0v) is 13.3. The first-order chi connectivity index (χ1) is 9.16. The molecule has 0 bridgehead atoms. The Hall–Kier alpha value is -0.760. The van der Waals surface area contributed by atoms with Gasteiger partial charge < -0.3 is 0 Å². The van der Waals surface area contributed by atoms with Crippen molar-refractivity contribution < 1.29 is 4.79 Å². The summed E-state index contributed by atoms with van der Waals surface area (Å²) in [7, 11) is 0. The highest BCUT2D eigenvalue weighted by Crippen LogP contribution is 2.25. The van der Waals surface area contributed by atoms with Crippen molar-refractivity contribution in [1.29, 1.82) is 0 Å². The Morgan fingerprint density at radius 3 is 2.53 bits per heavy atom. The molecule has 0 radical (unpaired) electrons. The number of benzene rings is 1. The fraction of sp³-hybridized carbons (Fsp3) is 0.588. The zero-order valence-electron chi connectivity index (χ0n) is 12.4. The van der Waals surface area contributed by atoms with Crippen LogP contribution in [0, 0.1) is 6.92 Å². The molecule has 2 heteroatoms. The van der Waals surface area contributed by atoms with Crippen LogP contribution < -0.4 is 0 Å². The van der Waals surface area contributed by atoms with Gasteiger partial charge in [0.15, 0.2) is 5.12 Å². The Balaban J connectivity index is 2.31. The second-order valence-corrected chi connectivity index (χ2v) is 6.26. The topological polar surface area (TPSA) is 17.1 Å². The molecule has 0 saturated carbocycles. The molecule has 19 heavy (non-hydrogen) atoms. The van der Waals surface area contributed by atoms with Crippen LogP contribution in [0.2, 0.25) is 0 Å². The number of carbonyl (C=O) groups is 1. The number of carbonyl (C=O) groups excluding carboxylic acids is 1. The highest BCUT2D eigenvalue weighted by Gasteiger charge is 2.16. The third-order valence-electron chi connectivity index (χ3n) is 3.50. The van der Waals surface area contributed by atoms with Crippen LogP contribution >= 0.6 is 11.8 Å². The van der Waals surface area contributed by atoms with Crippen LogP contribution in [-0.4, -0.2) is 10.9 Å². The SMILES string of the molecule is CCCCCCCSC(=O)C(C)c1ccccc1C. The van der Waals surface area contributed by atoms with E-state index in [1.54, 1.807) is 0 Å². The monoisotopic (exact) mass is 278 g/mol. The van der Waals surface area contributed by atoms with Gasteiger partial charge in [-0.2, -0.15) is 0 Å². The molecule has 0 aliphatic rings. The summed E-state index contributed by atoms with van der Waals surface area (Å²) in [5.74, 6) is 0.987. The summed E-state index contributed by atoms with van der Waals surface area (Å²) in [6, 6.07) is 8.19. The molecule has 0 aliphatic heterocycles. The van der Waals surface area contributed by atoms with Crippen LogP contribution in [0.3, 0.4) is 0 Å². The van der Waals surface area contributed by atoms with Gasteiger partial charge in [-0.25, -0.2) is 0 Å². The fourth-order valence-corrected chi connectivity index (χ4v) is 3.13. The molecule has 1 nitrogen and oxygen atoms in total. The predicted molar refractivity (Wildman–Crippen MR) is 85.8 cm³/mol. The van der Waals surface area contributed by atoms with E-state index in [9.17, 15) is 4.79 Å². The van der Waals surface area contributed by atoms with Crippen molar-refractivity contribution in [1.82, 2.24) is 0 Å². The first kappa shape index (κ1) is 16.3. The van der Waals surface area contributed by atoms with Crippen LogP contribution in [0.1, 0.15) is 63.0 Å². The first-order valence-corrected chi connectivity index (χ1v) is 8.37. The Morgan fingerprint density at radius 2 is 1.84 bits per heavy atom. The van der Waals surface area contributed by atoms with E-state index in [2.05, 4.69) is 26.0 Å². The maximum absolute atomic E-state index is 12.1. The van der Waals surface area contributed by atoms with E-state index >= 15 is 0 Å². The summed E-state index contributed by atoms with van der Waals surface area (Å²) in [5, 5.41) is 0.310. The normalized spacial score (nSPS) is 12.4. The summed E-state index contributed by atoms with van der Waals surface area (Å²) in [5.41, 5.74) is 2.39. The second kappa shape index (κ2) is 9.19. The van der Waals surface area contributed by atoms with Crippen LogP contribution in [-0.2, 0) is 4.79 Å². The van der Waals surface area contributed by atoms with Crippen LogP contribution in [0.25, 0.3) is 0 Å². The zero-order chi connectivity index (χ0) is 14.1. The number of hydrogen-bond donors (Lipinski definition) is 0. The number of aryl methyl sites for hydroxylation is 1. The molecule has 0 aromatic heterocycles. The van der Waals surface area contributed by atoms with Gasteiger partial charge in [-0.1, -0.05) is 75.6 Å². The number of unbranched alkanes of at least 4 members (excludes halogenated alkanes) is 4. The molecule has 1 unspecified atom stereocenters. The summed E-state index contributed by atoms with van der Waals surface area (Å²) in [6.45, 7) is 6.32. The van der Waals surface area contributed by atoms with E-state index in [1.807, 2.05) is 19.1 Å². The lowest BCUT2D eigenvalue weighted by atomic mass is 9.98. The molecule has 0 saturated heterocycles. The Bertz CT molecular complexity index is 387. The lowest BCUT2D eigenvalue weighted by molar-refractivity contribution is -0.111. The van der Waals surface area contributed by atoms with E-state index in [4.69, 9.17) is 0 Å². The minimum Gasteiger partial charge on any atom is -0.287 e. The standard InChI is InChI=1S/C17H26OS/c1-4-5-6-7-10-13-19-17(18)15(3)16-12-9-8-11-14(16)2/h8-9,11-12,15H,4-7,10,13H2,1-3H3. The van der Waals surface area contributed by atoms with Crippen molar-refractivity contribution in [3.8, 4) is 0 Å². The summed E-state index contributed by atoms with van der Waals surface area (Å²) >= 11 is 1.51. The predicted octanol–water partition coefficient (Wildman–Crippen LogP) is 5.33. The highest BCUT2D eigenvalue weighted by atomic mass is 32.2. The van der Waals surface area contributed by atoms with E-state index in [-0.39, 0.29) is 5.92 Å². The molecular weight excluding hydrogens is 252 g/mol. The van der Waals surface area contributed by atoms with Gasteiger partial charge in [-0.15, -0.1) is 0 Å². The van der Waals surface area contributed by atoms with Crippen molar-refractivity contribution in [2.24, 2.45) is 0 Å². The molecular formula is C17H26OS. The third kappa shape index (κ3) is 5.82. The Kier molecular flexibility index (Phi) is 7.88. The molecule has 1 aromatic carbocycles. The van der Waals surface area contributed by atoms with Crippen molar-refractivity contribution in [3.05, 3.63) is 35.4 Å². The number of thioether (sulfide) groups is 1. The Labute approximate surface area is 122 Å². The quantitative estimate of drug-likeness (QED) is 0.598. The fourth-order valence-electron chi connectivity index (χ4n) is 2.20. The molecule has 0 N–H and O–H groups in total. The number of rotatable bonds is 8. The molecule has 0 amide bonds. The van der Waals surface area contributed by atoms with Gasteiger partial charge in [0.1, 0.15) is 0 Å². The second-order valence-electron chi connectivity index (χ2n) is 5.16. The average Bonchev–Trinajstić information content (AvgIpc) is 2.42. The summed E-state index contributed by atoms with van der Waals surface area (Å²) < 4.78 is 0. The van der Waals surface area contributed by atoms with Crippen molar-refractivity contribution >= 4 is 16.9 Å². The minimum absolute atomic E-state index is 0.0156. The molecule has 1 atom stereocenters. The molecule has 106 valence electrons. The van der Waals surface area contributed by atoms with Crippen LogP contribution in [0.15, 0.2) is 24.3 Å². The van der Waals surface area contributed by atoms with Gasteiger partial charge in [0, 0.05) is 5.75 Å². The van der Waals surface area contributed by atoms with E-state index < -0.39 is 0 Å². The van der Waals surface area contributed by atoms with Crippen molar-refractivity contribution in [2.75, 3.05) is 5.75 Å². The molecule has 1 rings (SSSR count).